The molecule has 0 radical (unpaired) electrons. The van der Waals surface area contributed by atoms with Gasteiger partial charge in [0.15, 0.2) is 0 Å². The van der Waals surface area contributed by atoms with Gasteiger partial charge in [-0.05, 0) is 6.92 Å². The van der Waals surface area contributed by atoms with Crippen molar-refractivity contribution in [1.29, 1.82) is 0 Å². The Morgan fingerprint density at radius 1 is 1.33 bits per heavy atom. The number of hydrogen-bond donors (Lipinski definition) is 0. The minimum atomic E-state index is -4.08. The van der Waals surface area contributed by atoms with Crippen LogP contribution >= 0.6 is 0 Å². The lowest BCUT2D eigenvalue weighted by Crippen LogP contribution is -2.17. The molecule has 0 aliphatic carbocycles. The van der Waals surface area contributed by atoms with Gasteiger partial charge in [-0.25, -0.2) is 0 Å². The first-order chi connectivity index (χ1) is 3.98. The Morgan fingerprint density at radius 3 is 1.89 bits per heavy atom. The summed E-state index contributed by atoms with van der Waals surface area (Å²) in [6, 6.07) is 0. The molecule has 0 aliphatic rings. The van der Waals surface area contributed by atoms with Gasteiger partial charge in [0, 0.05) is 0 Å². The maximum atomic E-state index is 11.6. The van der Waals surface area contributed by atoms with E-state index >= 15 is 0 Å². The third-order valence-corrected chi connectivity index (χ3v) is 0.997. The fourth-order valence-corrected chi connectivity index (χ4v) is 0.398. The molecule has 54 valence electrons. The topological polar surface area (TPSA) is 0 Å². The third-order valence-electron chi connectivity index (χ3n) is 0.997. The van der Waals surface area contributed by atoms with E-state index in [-0.39, 0.29) is 0 Å². The van der Waals surface area contributed by atoms with Gasteiger partial charge in [0.05, 0.1) is 5.92 Å². The summed E-state index contributed by atoms with van der Waals surface area (Å²) < 4.78 is 34.8. The average molecular weight is 138 g/mol. The Hall–Kier alpha value is -0.470. The van der Waals surface area contributed by atoms with Crippen LogP contribution in [0.1, 0.15) is 13.8 Å². The molecule has 0 saturated heterocycles. The molecule has 0 aromatic carbocycles. The van der Waals surface area contributed by atoms with E-state index in [0.717, 1.165) is 13.0 Å². The fraction of sp³-hybridized carbons (Fsp3) is 0.667. The molecule has 0 rings (SSSR count). The van der Waals surface area contributed by atoms with Gasteiger partial charge in [-0.3, -0.25) is 0 Å². The van der Waals surface area contributed by atoms with Gasteiger partial charge in [0.25, 0.3) is 0 Å². The molecule has 0 spiro atoms. The quantitative estimate of drug-likeness (QED) is 0.489. The van der Waals surface area contributed by atoms with Crippen molar-refractivity contribution in [3.63, 3.8) is 0 Å². The number of alkyl halides is 3. The molecule has 0 aromatic heterocycles. The van der Waals surface area contributed by atoms with Gasteiger partial charge in [-0.1, -0.05) is 19.1 Å². The molecule has 0 aliphatic heterocycles. The van der Waals surface area contributed by atoms with Gasteiger partial charge >= 0.3 is 6.18 Å². The molecule has 1 atom stereocenters. The standard InChI is InChI=1S/C6H9F3/c1-3-4-5(2)6(7,8)9/h3-5H,1-2H3. The minimum absolute atomic E-state index is 1.12. The summed E-state index contributed by atoms with van der Waals surface area (Å²) in [6.45, 7) is 2.70. The maximum absolute atomic E-state index is 11.6. The lowest BCUT2D eigenvalue weighted by atomic mass is 10.1. The predicted octanol–water partition coefficient (Wildman–Crippen LogP) is 2.76. The highest BCUT2D eigenvalue weighted by Gasteiger charge is 2.33. The van der Waals surface area contributed by atoms with Crippen molar-refractivity contribution in [2.75, 3.05) is 0 Å². The van der Waals surface area contributed by atoms with Crippen molar-refractivity contribution < 1.29 is 13.2 Å². The van der Waals surface area contributed by atoms with Crippen molar-refractivity contribution >= 4 is 0 Å². The number of allylic oxidation sites excluding steroid dienone is 2. The zero-order valence-electron chi connectivity index (χ0n) is 5.37. The van der Waals surface area contributed by atoms with Gasteiger partial charge in [0.1, 0.15) is 0 Å². The molecular formula is C6H9F3. The van der Waals surface area contributed by atoms with Gasteiger partial charge in [0.2, 0.25) is 0 Å². The van der Waals surface area contributed by atoms with E-state index in [1.807, 2.05) is 0 Å². The molecule has 0 heterocycles. The van der Waals surface area contributed by atoms with Crippen LogP contribution in [0.15, 0.2) is 12.2 Å². The van der Waals surface area contributed by atoms with Crippen LogP contribution in [0.2, 0.25) is 0 Å². The summed E-state index contributed by atoms with van der Waals surface area (Å²) in [5.41, 5.74) is 0. The molecule has 3 heteroatoms. The van der Waals surface area contributed by atoms with Crippen molar-refractivity contribution in [1.82, 2.24) is 0 Å². The number of rotatable bonds is 1. The molecular weight excluding hydrogens is 129 g/mol. The molecule has 1 unspecified atom stereocenters. The molecule has 0 nitrogen and oxygen atoms in total. The smallest absolute Gasteiger partial charge is 0.170 e. The van der Waals surface area contributed by atoms with Gasteiger partial charge in [-0.15, -0.1) is 0 Å². The highest BCUT2D eigenvalue weighted by molar-refractivity contribution is 4.86. The van der Waals surface area contributed by atoms with Gasteiger partial charge in [-0.2, -0.15) is 13.2 Å². The molecule has 0 aromatic rings. The van der Waals surface area contributed by atoms with E-state index in [9.17, 15) is 13.2 Å². The summed E-state index contributed by atoms with van der Waals surface area (Å²) in [5, 5.41) is 0. The van der Waals surface area contributed by atoms with E-state index < -0.39 is 12.1 Å². The Kier molecular flexibility index (Phi) is 2.74. The molecule has 0 bridgehead atoms. The summed E-state index contributed by atoms with van der Waals surface area (Å²) in [6.07, 6.45) is -1.55. The van der Waals surface area contributed by atoms with Crippen LogP contribution in [0.3, 0.4) is 0 Å². The summed E-state index contributed by atoms with van der Waals surface area (Å²) in [5.74, 6) is -1.32. The molecule has 0 fully saturated rings. The van der Waals surface area contributed by atoms with Crippen molar-refractivity contribution in [3.05, 3.63) is 12.2 Å². The second-order valence-corrected chi connectivity index (χ2v) is 1.86. The SMILES string of the molecule is CC=CC(C)C(F)(F)F. The minimum Gasteiger partial charge on any atom is -0.170 e. The number of hydrogen-bond acceptors (Lipinski definition) is 0. The molecule has 0 amide bonds. The summed E-state index contributed by atoms with van der Waals surface area (Å²) >= 11 is 0. The van der Waals surface area contributed by atoms with Crippen LogP contribution in [0.5, 0.6) is 0 Å². The zero-order valence-corrected chi connectivity index (χ0v) is 5.37. The number of halogens is 3. The summed E-state index contributed by atoms with van der Waals surface area (Å²) in [7, 11) is 0. The van der Waals surface area contributed by atoms with Gasteiger partial charge < -0.3 is 0 Å². The molecule has 9 heavy (non-hydrogen) atoms. The third kappa shape index (κ3) is 3.16. The van der Waals surface area contributed by atoms with Crippen LogP contribution in [-0.4, -0.2) is 6.18 Å². The summed E-state index contributed by atoms with van der Waals surface area (Å²) in [4.78, 5) is 0. The van der Waals surface area contributed by atoms with E-state index in [1.165, 1.54) is 6.08 Å². The largest absolute Gasteiger partial charge is 0.394 e. The van der Waals surface area contributed by atoms with Crippen molar-refractivity contribution in [2.45, 2.75) is 20.0 Å². The molecule has 0 saturated carbocycles. The maximum Gasteiger partial charge on any atom is 0.394 e. The normalized spacial score (nSPS) is 16.6. The van der Waals surface area contributed by atoms with Crippen molar-refractivity contribution in [3.8, 4) is 0 Å². The first-order valence-corrected chi connectivity index (χ1v) is 2.68. The highest BCUT2D eigenvalue weighted by atomic mass is 19.4. The first-order valence-electron chi connectivity index (χ1n) is 2.68. The first kappa shape index (κ1) is 8.53. The van der Waals surface area contributed by atoms with Crippen LogP contribution < -0.4 is 0 Å². The second kappa shape index (κ2) is 2.90. The fourth-order valence-electron chi connectivity index (χ4n) is 0.398. The van der Waals surface area contributed by atoms with Crippen LogP contribution in [0, 0.1) is 5.92 Å². The van der Waals surface area contributed by atoms with E-state index in [0.29, 0.717) is 0 Å². The van der Waals surface area contributed by atoms with Crippen LogP contribution in [0.4, 0.5) is 13.2 Å². The molecule has 0 N–H and O–H groups in total. The lowest BCUT2D eigenvalue weighted by Gasteiger charge is -2.09. The highest BCUT2D eigenvalue weighted by Crippen LogP contribution is 2.26. The Labute approximate surface area is 52.4 Å². The monoisotopic (exact) mass is 138 g/mol. The van der Waals surface area contributed by atoms with Crippen LogP contribution in [-0.2, 0) is 0 Å². The Morgan fingerprint density at radius 2 is 1.78 bits per heavy atom. The Bertz CT molecular complexity index is 101. The van der Waals surface area contributed by atoms with Crippen LogP contribution in [0.25, 0.3) is 0 Å². The van der Waals surface area contributed by atoms with E-state index in [4.69, 9.17) is 0 Å². The predicted molar refractivity (Wildman–Crippen MR) is 30.0 cm³/mol. The zero-order chi connectivity index (χ0) is 7.49. The Balaban J connectivity index is 3.88. The second-order valence-electron chi connectivity index (χ2n) is 1.86. The lowest BCUT2D eigenvalue weighted by molar-refractivity contribution is -0.156. The van der Waals surface area contributed by atoms with E-state index in [2.05, 4.69) is 0 Å². The van der Waals surface area contributed by atoms with E-state index in [1.54, 1.807) is 6.92 Å². The average Bonchev–Trinajstić information content (AvgIpc) is 1.64. The van der Waals surface area contributed by atoms with Crippen molar-refractivity contribution in [2.24, 2.45) is 5.92 Å².